The van der Waals surface area contributed by atoms with Crippen molar-refractivity contribution in [3.63, 3.8) is 0 Å². The maximum absolute atomic E-state index is 8.97. The van der Waals surface area contributed by atoms with Crippen molar-refractivity contribution < 1.29 is 27.1 Å². The second-order valence-electron chi connectivity index (χ2n) is 6.46. The van der Waals surface area contributed by atoms with E-state index < -0.39 is 114 Å². The molecule has 1 heterocycles. The topological polar surface area (TPSA) is 64.5 Å². The molecule has 6 nitrogen and oxygen atoms in total. The summed E-state index contributed by atoms with van der Waals surface area (Å²) < 4.78 is 121. The molecule has 0 radical (unpaired) electrons. The molecule has 6 heteroatoms. The third-order valence-electron chi connectivity index (χ3n) is 3.97. The van der Waals surface area contributed by atoms with Crippen LogP contribution < -0.4 is 10.1 Å². The molecule has 2 aromatic carbocycles. The van der Waals surface area contributed by atoms with Crippen molar-refractivity contribution in [2.75, 3.05) is 6.54 Å². The highest BCUT2D eigenvalue weighted by atomic mass is 16.5. The van der Waals surface area contributed by atoms with E-state index in [0.29, 0.717) is 0 Å². The molecule has 0 amide bonds. The Hall–Kier alpha value is -3.17. The van der Waals surface area contributed by atoms with Crippen LogP contribution >= 0.6 is 0 Å². The van der Waals surface area contributed by atoms with Gasteiger partial charge in [0.1, 0.15) is 5.75 Å². The Kier molecular flexibility index (Phi) is 2.82. The van der Waals surface area contributed by atoms with E-state index in [2.05, 4.69) is 20.3 Å². The smallest absolute Gasteiger partial charge is 0.256 e. The summed E-state index contributed by atoms with van der Waals surface area (Å²) in [4.78, 5) is 7.36. The first kappa shape index (κ1) is 9.76. The molecule has 0 fully saturated rings. The van der Waals surface area contributed by atoms with E-state index >= 15 is 0 Å². The fourth-order valence-electron chi connectivity index (χ4n) is 2.70. The first-order valence-corrected chi connectivity index (χ1v) is 9.06. The van der Waals surface area contributed by atoms with Gasteiger partial charge in [0, 0.05) is 26.7 Å². The highest BCUT2D eigenvalue weighted by Crippen LogP contribution is 2.38. The van der Waals surface area contributed by atoms with Crippen LogP contribution in [0.5, 0.6) is 5.75 Å². The minimum absolute atomic E-state index is 0.286. The van der Waals surface area contributed by atoms with Gasteiger partial charge in [-0.2, -0.15) is 4.98 Å². The van der Waals surface area contributed by atoms with Crippen LogP contribution in [0.3, 0.4) is 0 Å². The van der Waals surface area contributed by atoms with Gasteiger partial charge in [-0.15, -0.1) is 0 Å². The van der Waals surface area contributed by atoms with Gasteiger partial charge in [-0.1, -0.05) is 30.2 Å². The fourth-order valence-corrected chi connectivity index (χ4v) is 2.70. The van der Waals surface area contributed by atoms with Gasteiger partial charge < -0.3 is 14.6 Å². The number of hydrogen-bond acceptors (Lipinski definition) is 5. The minimum atomic E-state index is -3.16. The number of rotatable bonds is 7. The van der Waals surface area contributed by atoms with Gasteiger partial charge in [0.25, 0.3) is 5.89 Å². The molecule has 1 aliphatic carbocycles. The second-order valence-corrected chi connectivity index (χ2v) is 6.46. The number of ether oxygens (including phenoxy) is 1. The van der Waals surface area contributed by atoms with Crippen molar-refractivity contribution >= 4 is 5.69 Å². The first-order chi connectivity index (χ1) is 19.6. The van der Waals surface area contributed by atoms with Crippen molar-refractivity contribution in [2.24, 2.45) is 0 Å². The predicted octanol–water partition coefficient (Wildman–Crippen LogP) is 5.73. The summed E-state index contributed by atoms with van der Waals surface area (Å²) in [5.74, 6) is -1.44. The van der Waals surface area contributed by atoms with Gasteiger partial charge in [0.05, 0.1) is 20.9 Å². The molecule has 0 aliphatic heterocycles. The third kappa shape index (κ3) is 3.94. The largest absolute Gasteiger partial charge is 0.502 e. The normalized spacial score (nSPS) is 27.8. The standard InChI is InChI=1S/C24H26N4O2/c1-5-13-26-20-11-10-17-18(20)7-6-8-19(17)23-27-24(30-28-23)16-9-12-22(29-15(2)3)21(14-16)25-4/h6-9,12,14-15,20,26H,5,10-11,13H2,1-3H3/t20-/m0/s1/i5D2,6D,7D,8D,9D,10D2,11D2,12D,14D,20D. The molecule has 1 atom stereocenters. The first-order valence-electron chi connectivity index (χ1n) is 15.6. The van der Waals surface area contributed by atoms with Crippen LogP contribution in [0.15, 0.2) is 40.8 Å². The summed E-state index contributed by atoms with van der Waals surface area (Å²) in [7, 11) is 0. The molecule has 0 saturated carbocycles. The lowest BCUT2D eigenvalue weighted by Gasteiger charge is -2.13. The van der Waals surface area contributed by atoms with Crippen LogP contribution in [-0.2, 0) is 6.37 Å². The maximum Gasteiger partial charge on any atom is 0.256 e. The lowest BCUT2D eigenvalue weighted by Crippen LogP contribution is -2.19. The fraction of sp³-hybridized carbons (Fsp3) is 0.375. The number of fused-ring (bicyclic) bond motifs is 1. The number of benzene rings is 2. The Bertz CT molecular complexity index is 1680. The SMILES string of the molecule is [2H]c1c([2H])c(-c2noc(-c3c([2H])c([2H])c(OC(C)C)c([N+]#[C-])c3[2H])n2)c2c(c1[2H])[C@@]([2H])(NCC([2H])([2H])C)C([2H])([2H])C2([2H])[2H]. The van der Waals surface area contributed by atoms with E-state index in [9.17, 15) is 0 Å². The summed E-state index contributed by atoms with van der Waals surface area (Å²) in [6.07, 6.45) is -8.71. The molecule has 3 aromatic rings. The number of hydrogen-bond donors (Lipinski definition) is 1. The monoisotopic (exact) mass is 415 g/mol. The van der Waals surface area contributed by atoms with Crippen molar-refractivity contribution in [1.29, 1.82) is 0 Å². The summed E-state index contributed by atoms with van der Waals surface area (Å²) >= 11 is 0. The van der Waals surface area contributed by atoms with E-state index in [-0.39, 0.29) is 5.75 Å². The zero-order valence-corrected chi connectivity index (χ0v) is 16.4. The molecule has 0 unspecified atom stereocenters. The summed E-state index contributed by atoms with van der Waals surface area (Å²) in [5.41, 5.74) is -2.74. The van der Waals surface area contributed by atoms with Crippen molar-refractivity contribution in [3.05, 3.63) is 58.8 Å². The van der Waals surface area contributed by atoms with Gasteiger partial charge in [0.2, 0.25) is 11.5 Å². The molecule has 4 rings (SSSR count). The Morgan fingerprint density at radius 2 is 2.33 bits per heavy atom. The number of aromatic nitrogens is 2. The summed E-state index contributed by atoms with van der Waals surface area (Å²) in [6.45, 7) is 11.3. The molecule has 0 bridgehead atoms. The van der Waals surface area contributed by atoms with E-state index in [1.54, 1.807) is 13.8 Å². The molecular formula is C24H26N4O2. The maximum atomic E-state index is 8.97. The molecule has 1 aliphatic rings. The van der Waals surface area contributed by atoms with Crippen LogP contribution in [0.1, 0.15) is 68.5 Å². The highest BCUT2D eigenvalue weighted by Gasteiger charge is 2.26. The quantitative estimate of drug-likeness (QED) is 0.499. The molecule has 0 saturated heterocycles. The molecule has 30 heavy (non-hydrogen) atoms. The van der Waals surface area contributed by atoms with E-state index in [1.807, 2.05) is 0 Å². The van der Waals surface area contributed by atoms with Crippen LogP contribution in [0, 0.1) is 6.57 Å². The molecule has 1 N–H and O–H groups in total. The Balaban J connectivity index is 2.01. The van der Waals surface area contributed by atoms with E-state index in [4.69, 9.17) is 33.7 Å². The molecular weight excluding hydrogens is 376 g/mol. The van der Waals surface area contributed by atoms with Crippen LogP contribution in [-0.4, -0.2) is 22.8 Å². The predicted molar refractivity (Wildman–Crippen MR) is 117 cm³/mol. The zero-order chi connectivity index (χ0) is 32.6. The summed E-state index contributed by atoms with van der Waals surface area (Å²) in [5, 5.41) is 6.13. The van der Waals surface area contributed by atoms with Gasteiger partial charge in [0.15, 0.2) is 0 Å². The van der Waals surface area contributed by atoms with Crippen molar-refractivity contribution in [1.82, 2.24) is 15.5 Å². The van der Waals surface area contributed by atoms with Gasteiger partial charge in [-0.05, 0) is 68.8 Å². The summed E-state index contributed by atoms with van der Waals surface area (Å²) in [6, 6.07) is -6.91. The Labute approximate surface area is 195 Å². The lowest BCUT2D eigenvalue weighted by molar-refractivity contribution is 0.244. The van der Waals surface area contributed by atoms with Gasteiger partial charge in [-0.3, -0.25) is 0 Å². The highest BCUT2D eigenvalue weighted by molar-refractivity contribution is 5.70. The molecule has 1 aromatic heterocycles. The van der Waals surface area contributed by atoms with E-state index in [0.717, 1.165) is 6.92 Å². The van der Waals surface area contributed by atoms with Crippen LogP contribution in [0.25, 0.3) is 27.7 Å². The Morgan fingerprint density at radius 1 is 1.47 bits per heavy atom. The molecule has 0 spiro atoms. The second kappa shape index (κ2) is 8.68. The zero-order valence-electron chi connectivity index (χ0n) is 29.4. The van der Waals surface area contributed by atoms with Crippen molar-refractivity contribution in [3.8, 4) is 28.6 Å². The lowest BCUT2D eigenvalue weighted by atomic mass is 10.0. The van der Waals surface area contributed by atoms with Crippen LogP contribution in [0.4, 0.5) is 5.69 Å². The van der Waals surface area contributed by atoms with Crippen LogP contribution in [0.2, 0.25) is 0 Å². The number of nitrogens with one attached hydrogen (secondary N) is 1. The average Bonchev–Trinajstić information content (AvgIpc) is 3.40. The van der Waals surface area contributed by atoms with Gasteiger partial charge >= 0.3 is 0 Å². The van der Waals surface area contributed by atoms with Crippen molar-refractivity contribution in [2.45, 2.75) is 52.0 Å². The van der Waals surface area contributed by atoms with E-state index in [1.165, 1.54) is 0 Å². The minimum Gasteiger partial charge on any atom is -0.502 e. The average molecular weight is 416 g/mol. The number of nitrogens with zero attached hydrogens (tertiary/aromatic N) is 3. The Morgan fingerprint density at radius 3 is 3.10 bits per heavy atom. The van der Waals surface area contributed by atoms with Gasteiger partial charge in [-0.25, -0.2) is 4.85 Å². The third-order valence-corrected chi connectivity index (χ3v) is 3.97. The molecule has 154 valence electrons.